The van der Waals surface area contributed by atoms with Crippen molar-refractivity contribution in [3.63, 3.8) is 0 Å². The summed E-state index contributed by atoms with van der Waals surface area (Å²) in [6.45, 7) is 6.08. The van der Waals surface area contributed by atoms with E-state index >= 15 is 0 Å². The molecule has 0 aliphatic carbocycles. The molecule has 1 aromatic heterocycles. The lowest BCUT2D eigenvalue weighted by atomic mass is 10.0. The van der Waals surface area contributed by atoms with Crippen LogP contribution in [0.5, 0.6) is 0 Å². The lowest BCUT2D eigenvalue weighted by Gasteiger charge is -2.20. The standard InChI is InChI=1S/C12H16N4O2/c1-4-10(8(2)3)15-12-11(16(17)18)5-9(6-13)7-14-12/h5,7-8,10H,4H2,1-3H3,(H,14,15). The van der Waals surface area contributed by atoms with Crippen molar-refractivity contribution in [2.75, 3.05) is 5.32 Å². The van der Waals surface area contributed by atoms with Crippen LogP contribution in [-0.2, 0) is 0 Å². The molecule has 0 radical (unpaired) electrons. The van der Waals surface area contributed by atoms with Gasteiger partial charge in [0.25, 0.3) is 0 Å². The molecule has 0 aromatic carbocycles. The normalized spacial score (nSPS) is 11.9. The number of nitro groups is 1. The van der Waals surface area contributed by atoms with Gasteiger partial charge in [0.05, 0.1) is 10.5 Å². The highest BCUT2D eigenvalue weighted by molar-refractivity contribution is 5.58. The Morgan fingerprint density at radius 2 is 2.28 bits per heavy atom. The lowest BCUT2D eigenvalue weighted by molar-refractivity contribution is -0.384. The number of hydrogen-bond donors (Lipinski definition) is 1. The first-order valence-electron chi connectivity index (χ1n) is 5.80. The van der Waals surface area contributed by atoms with Crippen molar-refractivity contribution >= 4 is 11.5 Å². The van der Waals surface area contributed by atoms with Crippen LogP contribution in [0.25, 0.3) is 0 Å². The molecule has 1 N–H and O–H groups in total. The Bertz CT molecular complexity index is 479. The largest absolute Gasteiger partial charge is 0.361 e. The highest BCUT2D eigenvalue weighted by Crippen LogP contribution is 2.24. The van der Waals surface area contributed by atoms with Crippen molar-refractivity contribution in [3.8, 4) is 6.07 Å². The maximum atomic E-state index is 10.9. The van der Waals surface area contributed by atoms with Crippen LogP contribution in [-0.4, -0.2) is 15.9 Å². The Balaban J connectivity index is 3.09. The molecule has 0 aliphatic heterocycles. The van der Waals surface area contributed by atoms with Crippen LogP contribution in [0.15, 0.2) is 12.3 Å². The summed E-state index contributed by atoms with van der Waals surface area (Å²) >= 11 is 0. The minimum absolute atomic E-state index is 0.115. The zero-order valence-corrected chi connectivity index (χ0v) is 10.7. The second-order valence-corrected chi connectivity index (χ2v) is 4.36. The van der Waals surface area contributed by atoms with Crippen molar-refractivity contribution < 1.29 is 4.92 Å². The van der Waals surface area contributed by atoms with Crippen LogP contribution >= 0.6 is 0 Å². The van der Waals surface area contributed by atoms with E-state index in [1.165, 1.54) is 12.3 Å². The predicted molar refractivity (Wildman–Crippen MR) is 68.1 cm³/mol. The van der Waals surface area contributed by atoms with E-state index in [1.54, 1.807) is 0 Å². The molecule has 1 atom stereocenters. The summed E-state index contributed by atoms with van der Waals surface area (Å²) in [5, 5.41) is 22.7. The van der Waals surface area contributed by atoms with Crippen molar-refractivity contribution in [1.29, 1.82) is 5.26 Å². The predicted octanol–water partition coefficient (Wildman–Crippen LogP) is 2.71. The highest BCUT2D eigenvalue weighted by atomic mass is 16.6. The number of nitriles is 1. The Kier molecular flexibility index (Phi) is 4.60. The number of hydrogen-bond acceptors (Lipinski definition) is 5. The van der Waals surface area contributed by atoms with Crippen LogP contribution in [0.1, 0.15) is 32.8 Å². The molecule has 0 saturated carbocycles. The summed E-state index contributed by atoms with van der Waals surface area (Å²) in [6.07, 6.45) is 2.18. The molecule has 0 spiro atoms. The van der Waals surface area contributed by atoms with Crippen LogP contribution in [0.4, 0.5) is 11.5 Å². The number of aromatic nitrogens is 1. The molecule has 96 valence electrons. The summed E-state index contributed by atoms with van der Waals surface area (Å²) in [4.78, 5) is 14.4. The van der Waals surface area contributed by atoms with Crippen LogP contribution in [0.3, 0.4) is 0 Å². The van der Waals surface area contributed by atoms with Crippen LogP contribution in [0, 0.1) is 27.4 Å². The van der Waals surface area contributed by atoms with Crippen LogP contribution < -0.4 is 5.32 Å². The van der Waals surface area contributed by atoms with E-state index in [2.05, 4.69) is 10.3 Å². The molecule has 6 nitrogen and oxygen atoms in total. The minimum Gasteiger partial charge on any atom is -0.361 e. The van der Waals surface area contributed by atoms with E-state index in [-0.39, 0.29) is 23.1 Å². The lowest BCUT2D eigenvalue weighted by Crippen LogP contribution is -2.25. The molecule has 0 bridgehead atoms. The Labute approximate surface area is 106 Å². The molecule has 0 fully saturated rings. The Morgan fingerprint density at radius 3 is 2.72 bits per heavy atom. The molecule has 6 heteroatoms. The molecular formula is C12H16N4O2. The van der Waals surface area contributed by atoms with Gasteiger partial charge in [-0.1, -0.05) is 20.8 Å². The zero-order valence-electron chi connectivity index (χ0n) is 10.7. The second kappa shape index (κ2) is 5.96. The number of anilines is 1. The van der Waals surface area contributed by atoms with Gasteiger partial charge in [-0.05, 0) is 12.3 Å². The van der Waals surface area contributed by atoms with Gasteiger partial charge >= 0.3 is 5.69 Å². The summed E-state index contributed by atoms with van der Waals surface area (Å²) in [6, 6.07) is 3.20. The average Bonchev–Trinajstić information content (AvgIpc) is 2.35. The van der Waals surface area contributed by atoms with Gasteiger partial charge in [-0.3, -0.25) is 10.1 Å². The molecule has 0 saturated heterocycles. The Hall–Kier alpha value is -2.16. The Morgan fingerprint density at radius 1 is 1.61 bits per heavy atom. The summed E-state index contributed by atoms with van der Waals surface area (Å²) in [5.74, 6) is 0.562. The first-order chi connectivity index (χ1) is 8.49. The molecule has 1 aromatic rings. The fraction of sp³-hybridized carbons (Fsp3) is 0.500. The van der Waals surface area contributed by atoms with Crippen molar-refractivity contribution in [3.05, 3.63) is 27.9 Å². The molecule has 1 heterocycles. The van der Waals surface area contributed by atoms with Gasteiger partial charge in [-0.2, -0.15) is 5.26 Å². The topological polar surface area (TPSA) is 91.8 Å². The van der Waals surface area contributed by atoms with Gasteiger partial charge in [0, 0.05) is 18.3 Å². The van der Waals surface area contributed by atoms with E-state index in [1.807, 2.05) is 26.8 Å². The van der Waals surface area contributed by atoms with Gasteiger partial charge in [0.15, 0.2) is 0 Å². The van der Waals surface area contributed by atoms with E-state index in [0.29, 0.717) is 5.92 Å². The average molecular weight is 248 g/mol. The fourth-order valence-corrected chi connectivity index (χ4v) is 1.68. The van der Waals surface area contributed by atoms with Gasteiger partial charge < -0.3 is 5.32 Å². The maximum Gasteiger partial charge on any atom is 0.312 e. The van der Waals surface area contributed by atoms with E-state index in [9.17, 15) is 10.1 Å². The van der Waals surface area contributed by atoms with Gasteiger partial charge in [-0.25, -0.2) is 4.98 Å². The third kappa shape index (κ3) is 3.17. The van der Waals surface area contributed by atoms with Crippen molar-refractivity contribution in [2.24, 2.45) is 5.92 Å². The molecule has 1 rings (SSSR count). The molecule has 18 heavy (non-hydrogen) atoms. The summed E-state index contributed by atoms with van der Waals surface area (Å²) in [7, 11) is 0. The molecule has 0 amide bonds. The van der Waals surface area contributed by atoms with E-state index in [0.717, 1.165) is 6.42 Å². The van der Waals surface area contributed by atoms with Gasteiger partial charge in [0.1, 0.15) is 6.07 Å². The maximum absolute atomic E-state index is 10.9. The van der Waals surface area contributed by atoms with Crippen molar-refractivity contribution in [1.82, 2.24) is 4.98 Å². The third-order valence-electron chi connectivity index (χ3n) is 2.76. The summed E-state index contributed by atoms with van der Waals surface area (Å²) < 4.78 is 0. The quantitative estimate of drug-likeness (QED) is 0.638. The van der Waals surface area contributed by atoms with E-state index in [4.69, 9.17) is 5.26 Å². The number of nitrogens with zero attached hydrogens (tertiary/aromatic N) is 3. The molecule has 1 unspecified atom stereocenters. The second-order valence-electron chi connectivity index (χ2n) is 4.36. The van der Waals surface area contributed by atoms with E-state index < -0.39 is 4.92 Å². The third-order valence-corrected chi connectivity index (χ3v) is 2.76. The summed E-state index contributed by atoms with van der Waals surface area (Å²) in [5.41, 5.74) is 0.0259. The highest BCUT2D eigenvalue weighted by Gasteiger charge is 2.20. The zero-order chi connectivity index (χ0) is 13.7. The van der Waals surface area contributed by atoms with Gasteiger partial charge in [-0.15, -0.1) is 0 Å². The number of nitrogens with one attached hydrogen (secondary N) is 1. The molecule has 0 aliphatic rings. The van der Waals surface area contributed by atoms with Crippen molar-refractivity contribution in [2.45, 2.75) is 33.2 Å². The first-order valence-corrected chi connectivity index (χ1v) is 5.80. The SMILES string of the molecule is CCC(Nc1ncc(C#N)cc1[N+](=O)[O-])C(C)C. The number of pyridine rings is 1. The van der Waals surface area contributed by atoms with Crippen LogP contribution in [0.2, 0.25) is 0 Å². The van der Waals surface area contributed by atoms with Gasteiger partial charge in [0.2, 0.25) is 5.82 Å². The first kappa shape index (κ1) is 13.9. The molecular weight excluding hydrogens is 232 g/mol. The smallest absolute Gasteiger partial charge is 0.312 e. The minimum atomic E-state index is -0.525. The number of rotatable bonds is 5. The monoisotopic (exact) mass is 248 g/mol. The fourth-order valence-electron chi connectivity index (χ4n) is 1.68.